The Kier molecular flexibility index (Phi) is 4.72. The van der Waals surface area contributed by atoms with E-state index < -0.39 is 0 Å². The second-order valence-electron chi connectivity index (χ2n) is 6.27. The number of allylic oxidation sites excluding steroid dienone is 2. The van der Waals surface area contributed by atoms with E-state index in [0.717, 1.165) is 17.0 Å². The highest BCUT2D eigenvalue weighted by Gasteiger charge is 2.20. The highest BCUT2D eigenvalue weighted by molar-refractivity contribution is 5.63. The zero-order valence-electron chi connectivity index (χ0n) is 13.1. The lowest BCUT2D eigenvalue weighted by atomic mass is 9.78. The fourth-order valence-corrected chi connectivity index (χ4v) is 3.51. The van der Waals surface area contributed by atoms with E-state index in [-0.39, 0.29) is 5.82 Å². The minimum Gasteiger partial charge on any atom is -0.207 e. The van der Waals surface area contributed by atoms with Crippen LogP contribution in [0.4, 0.5) is 4.39 Å². The second kappa shape index (κ2) is 6.91. The summed E-state index contributed by atoms with van der Waals surface area (Å²) in [6.45, 7) is 2.11. The standard InChI is InChI=1S/C21H23F/c1-2-3-16-4-6-17(7-5-16)18-8-10-19(11-9-18)20-12-14-21(22)15-13-20/h2-3,8-17H,4-7H2,1H3/b3-2+. The van der Waals surface area contributed by atoms with Crippen LogP contribution in [-0.2, 0) is 0 Å². The molecule has 0 bridgehead atoms. The molecule has 114 valence electrons. The fourth-order valence-electron chi connectivity index (χ4n) is 3.51. The van der Waals surface area contributed by atoms with Crippen molar-refractivity contribution in [3.63, 3.8) is 0 Å². The first kappa shape index (κ1) is 15.0. The van der Waals surface area contributed by atoms with Gasteiger partial charge in [0.05, 0.1) is 0 Å². The lowest BCUT2D eigenvalue weighted by molar-refractivity contribution is 0.376. The fraction of sp³-hybridized carbons (Fsp3) is 0.333. The molecule has 2 aromatic rings. The van der Waals surface area contributed by atoms with Gasteiger partial charge in [0.15, 0.2) is 0 Å². The molecule has 0 aliphatic heterocycles. The molecule has 1 saturated carbocycles. The molecule has 2 aromatic carbocycles. The first-order valence-corrected chi connectivity index (χ1v) is 8.25. The molecule has 1 aliphatic carbocycles. The molecule has 1 aliphatic rings. The van der Waals surface area contributed by atoms with Gasteiger partial charge in [-0.3, -0.25) is 0 Å². The molecule has 0 spiro atoms. The van der Waals surface area contributed by atoms with Gasteiger partial charge in [0.1, 0.15) is 5.82 Å². The maximum absolute atomic E-state index is 13.0. The Labute approximate surface area is 132 Å². The average molecular weight is 294 g/mol. The highest BCUT2D eigenvalue weighted by Crippen LogP contribution is 2.36. The van der Waals surface area contributed by atoms with Gasteiger partial charge in [0, 0.05) is 0 Å². The van der Waals surface area contributed by atoms with Crippen molar-refractivity contribution in [2.75, 3.05) is 0 Å². The van der Waals surface area contributed by atoms with E-state index in [1.807, 2.05) is 12.1 Å². The molecular weight excluding hydrogens is 271 g/mol. The van der Waals surface area contributed by atoms with Crippen molar-refractivity contribution in [2.24, 2.45) is 5.92 Å². The van der Waals surface area contributed by atoms with Crippen LogP contribution in [0, 0.1) is 11.7 Å². The Morgan fingerprint density at radius 2 is 1.36 bits per heavy atom. The predicted molar refractivity (Wildman–Crippen MR) is 91.3 cm³/mol. The number of rotatable bonds is 3. The van der Waals surface area contributed by atoms with E-state index in [4.69, 9.17) is 0 Å². The van der Waals surface area contributed by atoms with Crippen LogP contribution in [0.1, 0.15) is 44.1 Å². The third-order valence-electron chi connectivity index (χ3n) is 4.80. The minimum absolute atomic E-state index is 0.182. The maximum Gasteiger partial charge on any atom is 0.123 e. The summed E-state index contributed by atoms with van der Waals surface area (Å²) >= 11 is 0. The number of hydrogen-bond donors (Lipinski definition) is 0. The van der Waals surface area contributed by atoms with Crippen LogP contribution in [-0.4, -0.2) is 0 Å². The summed E-state index contributed by atoms with van der Waals surface area (Å²) in [5, 5.41) is 0. The molecule has 0 atom stereocenters. The van der Waals surface area contributed by atoms with Crippen LogP contribution >= 0.6 is 0 Å². The summed E-state index contributed by atoms with van der Waals surface area (Å²) < 4.78 is 13.0. The molecule has 0 saturated heterocycles. The Bertz CT molecular complexity index is 614. The van der Waals surface area contributed by atoms with Crippen LogP contribution in [0.25, 0.3) is 11.1 Å². The Morgan fingerprint density at radius 3 is 1.91 bits per heavy atom. The quantitative estimate of drug-likeness (QED) is 0.579. The third kappa shape index (κ3) is 3.47. The van der Waals surface area contributed by atoms with Gasteiger partial charge in [-0.15, -0.1) is 0 Å². The number of hydrogen-bond acceptors (Lipinski definition) is 0. The van der Waals surface area contributed by atoms with Crippen molar-refractivity contribution < 1.29 is 4.39 Å². The molecule has 22 heavy (non-hydrogen) atoms. The smallest absolute Gasteiger partial charge is 0.123 e. The van der Waals surface area contributed by atoms with Crippen LogP contribution in [0.3, 0.4) is 0 Å². The molecule has 3 rings (SSSR count). The lowest BCUT2D eigenvalue weighted by Crippen LogP contribution is -2.11. The summed E-state index contributed by atoms with van der Waals surface area (Å²) in [5.74, 6) is 1.29. The Morgan fingerprint density at radius 1 is 0.818 bits per heavy atom. The molecule has 0 aromatic heterocycles. The molecule has 1 heteroatoms. The SMILES string of the molecule is C/C=C/C1CCC(c2ccc(-c3ccc(F)cc3)cc2)CC1. The van der Waals surface area contributed by atoms with Crippen molar-refractivity contribution in [2.45, 2.75) is 38.5 Å². The van der Waals surface area contributed by atoms with Crippen molar-refractivity contribution in [3.05, 3.63) is 72.1 Å². The molecule has 0 nitrogen and oxygen atoms in total. The maximum atomic E-state index is 13.0. The topological polar surface area (TPSA) is 0 Å². The molecule has 0 heterocycles. The van der Waals surface area contributed by atoms with Crippen molar-refractivity contribution in [1.82, 2.24) is 0 Å². The van der Waals surface area contributed by atoms with E-state index in [0.29, 0.717) is 5.92 Å². The first-order chi connectivity index (χ1) is 10.8. The van der Waals surface area contributed by atoms with E-state index in [9.17, 15) is 4.39 Å². The summed E-state index contributed by atoms with van der Waals surface area (Å²) in [5.41, 5.74) is 3.68. The summed E-state index contributed by atoms with van der Waals surface area (Å²) in [4.78, 5) is 0. The van der Waals surface area contributed by atoms with Crippen LogP contribution in [0.15, 0.2) is 60.7 Å². The van der Waals surface area contributed by atoms with Crippen LogP contribution in [0.5, 0.6) is 0 Å². The van der Waals surface area contributed by atoms with E-state index in [2.05, 4.69) is 43.3 Å². The molecule has 0 unspecified atom stereocenters. The zero-order chi connectivity index (χ0) is 15.4. The lowest BCUT2D eigenvalue weighted by Gasteiger charge is -2.27. The van der Waals surface area contributed by atoms with Gasteiger partial charge in [-0.05, 0) is 73.3 Å². The first-order valence-electron chi connectivity index (χ1n) is 8.25. The average Bonchev–Trinajstić information content (AvgIpc) is 2.57. The number of halogens is 1. The highest BCUT2D eigenvalue weighted by atomic mass is 19.1. The molecule has 0 amide bonds. The Balaban J connectivity index is 1.68. The second-order valence-corrected chi connectivity index (χ2v) is 6.27. The summed E-state index contributed by atoms with van der Waals surface area (Å²) in [6, 6.07) is 15.6. The monoisotopic (exact) mass is 294 g/mol. The summed E-state index contributed by atoms with van der Waals surface area (Å²) in [6.07, 6.45) is 9.70. The zero-order valence-corrected chi connectivity index (χ0v) is 13.1. The predicted octanol–water partition coefficient (Wildman–Crippen LogP) is 6.34. The van der Waals surface area contributed by atoms with E-state index in [1.165, 1.54) is 43.4 Å². The van der Waals surface area contributed by atoms with Crippen molar-refractivity contribution in [3.8, 4) is 11.1 Å². The van der Waals surface area contributed by atoms with Gasteiger partial charge in [-0.25, -0.2) is 4.39 Å². The van der Waals surface area contributed by atoms with Gasteiger partial charge < -0.3 is 0 Å². The third-order valence-corrected chi connectivity index (χ3v) is 4.80. The molecule has 0 radical (unpaired) electrons. The van der Waals surface area contributed by atoms with Crippen LogP contribution < -0.4 is 0 Å². The van der Waals surface area contributed by atoms with Crippen LogP contribution in [0.2, 0.25) is 0 Å². The number of benzene rings is 2. The van der Waals surface area contributed by atoms with Gasteiger partial charge >= 0.3 is 0 Å². The van der Waals surface area contributed by atoms with E-state index in [1.54, 1.807) is 0 Å². The molecule has 0 N–H and O–H groups in total. The van der Waals surface area contributed by atoms with Crippen molar-refractivity contribution in [1.29, 1.82) is 0 Å². The largest absolute Gasteiger partial charge is 0.207 e. The summed E-state index contributed by atoms with van der Waals surface area (Å²) in [7, 11) is 0. The van der Waals surface area contributed by atoms with Gasteiger partial charge in [-0.2, -0.15) is 0 Å². The van der Waals surface area contributed by atoms with Gasteiger partial charge in [0.2, 0.25) is 0 Å². The molecular formula is C21H23F. The minimum atomic E-state index is -0.182. The van der Waals surface area contributed by atoms with Gasteiger partial charge in [-0.1, -0.05) is 48.6 Å². The molecule has 1 fully saturated rings. The van der Waals surface area contributed by atoms with E-state index >= 15 is 0 Å². The van der Waals surface area contributed by atoms with Gasteiger partial charge in [0.25, 0.3) is 0 Å². The van der Waals surface area contributed by atoms with Crippen molar-refractivity contribution >= 4 is 0 Å². The Hall–Kier alpha value is -1.89. The normalized spacial score (nSPS) is 22.1.